The average molecular weight is 388 g/mol. The molecule has 2 heterocycles. The van der Waals surface area contributed by atoms with Crippen LogP contribution in [0.1, 0.15) is 11.3 Å². The van der Waals surface area contributed by atoms with Crippen molar-refractivity contribution in [2.45, 2.75) is 17.0 Å². The SMILES string of the molecule is N#Cc1ccc(OCC(O)CSc2nnc(NCc3ccco3)s2)cc1. The zero-order valence-corrected chi connectivity index (χ0v) is 15.3. The second-order valence-corrected chi connectivity index (χ2v) is 7.46. The monoisotopic (exact) mass is 388 g/mol. The Labute approximate surface area is 158 Å². The van der Waals surface area contributed by atoms with Crippen LogP contribution in [0.4, 0.5) is 5.13 Å². The molecule has 9 heteroatoms. The molecule has 134 valence electrons. The van der Waals surface area contributed by atoms with Gasteiger partial charge >= 0.3 is 0 Å². The van der Waals surface area contributed by atoms with Crippen LogP contribution in [0.25, 0.3) is 0 Å². The number of furan rings is 1. The molecule has 1 aromatic carbocycles. The van der Waals surface area contributed by atoms with Crippen molar-refractivity contribution in [3.05, 3.63) is 54.0 Å². The van der Waals surface area contributed by atoms with E-state index in [1.54, 1.807) is 30.5 Å². The second-order valence-electron chi connectivity index (χ2n) is 5.22. The van der Waals surface area contributed by atoms with Crippen molar-refractivity contribution in [1.82, 2.24) is 10.2 Å². The summed E-state index contributed by atoms with van der Waals surface area (Å²) in [5.41, 5.74) is 0.571. The molecule has 0 spiro atoms. The molecule has 0 aliphatic carbocycles. The van der Waals surface area contributed by atoms with Gasteiger partial charge in [0.05, 0.1) is 30.5 Å². The molecule has 0 amide bonds. The topological polar surface area (TPSA) is 104 Å². The van der Waals surface area contributed by atoms with Gasteiger partial charge in [-0.3, -0.25) is 0 Å². The molecule has 1 unspecified atom stereocenters. The van der Waals surface area contributed by atoms with E-state index in [4.69, 9.17) is 14.4 Å². The number of rotatable bonds is 9. The number of aliphatic hydroxyl groups excluding tert-OH is 1. The Bertz CT molecular complexity index is 844. The molecule has 0 radical (unpaired) electrons. The van der Waals surface area contributed by atoms with Crippen LogP contribution >= 0.6 is 23.1 Å². The predicted octanol–water partition coefficient (Wildman–Crippen LogP) is 3.15. The Kier molecular flexibility index (Phi) is 6.49. The summed E-state index contributed by atoms with van der Waals surface area (Å²) in [4.78, 5) is 0. The maximum absolute atomic E-state index is 10.0. The molecule has 2 N–H and O–H groups in total. The largest absolute Gasteiger partial charge is 0.491 e. The van der Waals surface area contributed by atoms with Crippen LogP contribution in [0.3, 0.4) is 0 Å². The number of anilines is 1. The summed E-state index contributed by atoms with van der Waals surface area (Å²) in [5.74, 6) is 1.89. The lowest BCUT2D eigenvalue weighted by molar-refractivity contribution is 0.126. The first-order valence-corrected chi connectivity index (χ1v) is 9.57. The van der Waals surface area contributed by atoms with E-state index in [-0.39, 0.29) is 6.61 Å². The molecule has 0 saturated carbocycles. The molecule has 0 aliphatic heterocycles. The maximum atomic E-state index is 10.0. The Hall–Kier alpha value is -2.54. The lowest BCUT2D eigenvalue weighted by Gasteiger charge is -2.11. The van der Waals surface area contributed by atoms with Crippen LogP contribution < -0.4 is 10.1 Å². The normalized spacial score (nSPS) is 11.7. The number of benzene rings is 1. The standard InChI is InChI=1S/C17H16N4O3S2/c18-8-12-3-5-14(6-4-12)24-10-13(22)11-25-17-21-20-16(26-17)19-9-15-2-1-7-23-15/h1-7,13,22H,9-11H2,(H,19,20). The summed E-state index contributed by atoms with van der Waals surface area (Å²) in [7, 11) is 0. The van der Waals surface area contributed by atoms with E-state index >= 15 is 0 Å². The van der Waals surface area contributed by atoms with E-state index < -0.39 is 6.10 Å². The summed E-state index contributed by atoms with van der Waals surface area (Å²) in [6.07, 6.45) is 0.985. The fourth-order valence-corrected chi connectivity index (χ4v) is 3.63. The number of nitrogens with zero attached hydrogens (tertiary/aromatic N) is 3. The lowest BCUT2D eigenvalue weighted by atomic mass is 10.2. The van der Waals surface area contributed by atoms with Crippen molar-refractivity contribution in [3.8, 4) is 11.8 Å². The van der Waals surface area contributed by atoms with Gasteiger partial charge in [-0.2, -0.15) is 5.26 Å². The third-order valence-corrected chi connectivity index (χ3v) is 5.38. The summed E-state index contributed by atoms with van der Waals surface area (Å²) >= 11 is 2.84. The van der Waals surface area contributed by atoms with Crippen LogP contribution in [0.2, 0.25) is 0 Å². The molecule has 0 saturated heterocycles. The minimum absolute atomic E-state index is 0.168. The Morgan fingerprint density at radius 1 is 1.31 bits per heavy atom. The summed E-state index contributed by atoms with van der Waals surface area (Å²) in [6, 6.07) is 12.5. The fourth-order valence-electron chi connectivity index (χ4n) is 1.95. The van der Waals surface area contributed by atoms with Crippen molar-refractivity contribution in [2.75, 3.05) is 17.7 Å². The van der Waals surface area contributed by atoms with Gasteiger partial charge in [0.15, 0.2) is 4.34 Å². The first kappa shape index (κ1) is 18.3. The van der Waals surface area contributed by atoms with Gasteiger partial charge in [0.25, 0.3) is 0 Å². The van der Waals surface area contributed by atoms with Gasteiger partial charge in [0.2, 0.25) is 5.13 Å². The van der Waals surface area contributed by atoms with Crippen molar-refractivity contribution in [1.29, 1.82) is 5.26 Å². The number of ether oxygens (including phenoxy) is 1. The van der Waals surface area contributed by atoms with Gasteiger partial charge in [0, 0.05) is 5.75 Å². The fraction of sp³-hybridized carbons (Fsp3) is 0.235. The number of hydrogen-bond acceptors (Lipinski definition) is 9. The number of aliphatic hydroxyl groups is 1. The Morgan fingerprint density at radius 2 is 2.15 bits per heavy atom. The molecule has 0 fully saturated rings. The highest BCUT2D eigenvalue weighted by atomic mass is 32.2. The summed E-state index contributed by atoms with van der Waals surface area (Å²) in [6.45, 7) is 0.717. The van der Waals surface area contributed by atoms with Crippen molar-refractivity contribution in [2.24, 2.45) is 0 Å². The smallest absolute Gasteiger partial charge is 0.206 e. The first-order valence-electron chi connectivity index (χ1n) is 7.76. The molecule has 7 nitrogen and oxygen atoms in total. The first-order chi connectivity index (χ1) is 12.7. The molecule has 2 aromatic heterocycles. The Morgan fingerprint density at radius 3 is 2.88 bits per heavy atom. The van der Waals surface area contributed by atoms with Gasteiger partial charge in [0.1, 0.15) is 18.1 Å². The third-order valence-electron chi connectivity index (χ3n) is 3.23. The molecule has 1 atom stereocenters. The zero-order valence-electron chi connectivity index (χ0n) is 13.7. The number of aromatic nitrogens is 2. The van der Waals surface area contributed by atoms with E-state index in [9.17, 15) is 5.11 Å². The van der Waals surface area contributed by atoms with Crippen LogP contribution in [0.15, 0.2) is 51.4 Å². The van der Waals surface area contributed by atoms with Crippen LogP contribution in [0.5, 0.6) is 5.75 Å². The van der Waals surface area contributed by atoms with Crippen molar-refractivity contribution >= 4 is 28.2 Å². The highest BCUT2D eigenvalue weighted by molar-refractivity contribution is 8.01. The number of hydrogen-bond donors (Lipinski definition) is 2. The quantitative estimate of drug-likeness (QED) is 0.539. The molecular formula is C17H16N4O3S2. The van der Waals surface area contributed by atoms with Gasteiger partial charge in [-0.15, -0.1) is 10.2 Å². The second kappa shape index (κ2) is 9.24. The molecule has 3 aromatic rings. The van der Waals surface area contributed by atoms with Crippen molar-refractivity contribution in [3.63, 3.8) is 0 Å². The van der Waals surface area contributed by atoms with Crippen molar-refractivity contribution < 1.29 is 14.3 Å². The number of nitrogens with one attached hydrogen (secondary N) is 1. The average Bonchev–Trinajstić information content (AvgIpc) is 3.35. The van der Waals surface area contributed by atoms with E-state index in [1.807, 2.05) is 18.2 Å². The van der Waals surface area contributed by atoms with Crippen LogP contribution in [-0.4, -0.2) is 33.8 Å². The summed E-state index contributed by atoms with van der Waals surface area (Å²) < 4.78 is 11.5. The zero-order chi connectivity index (χ0) is 18.2. The molecule has 0 bridgehead atoms. The van der Waals surface area contributed by atoms with Gasteiger partial charge in [-0.05, 0) is 36.4 Å². The molecule has 3 rings (SSSR count). The van der Waals surface area contributed by atoms with Gasteiger partial charge < -0.3 is 19.6 Å². The lowest BCUT2D eigenvalue weighted by Crippen LogP contribution is -2.20. The highest BCUT2D eigenvalue weighted by Gasteiger charge is 2.10. The van der Waals surface area contributed by atoms with Gasteiger partial charge in [-0.1, -0.05) is 23.1 Å². The minimum atomic E-state index is -0.640. The number of nitriles is 1. The highest BCUT2D eigenvalue weighted by Crippen LogP contribution is 2.26. The maximum Gasteiger partial charge on any atom is 0.206 e. The molecule has 0 aliphatic rings. The molecule has 26 heavy (non-hydrogen) atoms. The third kappa shape index (κ3) is 5.49. The molecular weight excluding hydrogens is 372 g/mol. The Balaban J connectivity index is 1.38. The van der Waals surface area contributed by atoms with E-state index in [0.29, 0.717) is 28.7 Å². The van der Waals surface area contributed by atoms with E-state index in [0.717, 1.165) is 10.1 Å². The summed E-state index contributed by atoms with van der Waals surface area (Å²) in [5, 5.41) is 30.8. The predicted molar refractivity (Wildman–Crippen MR) is 99.3 cm³/mol. The van der Waals surface area contributed by atoms with Crippen LogP contribution in [-0.2, 0) is 6.54 Å². The van der Waals surface area contributed by atoms with Gasteiger partial charge in [-0.25, -0.2) is 0 Å². The number of thioether (sulfide) groups is 1. The van der Waals surface area contributed by atoms with E-state index in [2.05, 4.69) is 15.5 Å². The van der Waals surface area contributed by atoms with E-state index in [1.165, 1.54) is 23.1 Å². The minimum Gasteiger partial charge on any atom is -0.491 e. The van der Waals surface area contributed by atoms with Crippen LogP contribution in [0, 0.1) is 11.3 Å².